The number of imidazole rings is 1. The summed E-state index contributed by atoms with van der Waals surface area (Å²) in [7, 11) is 0. The minimum absolute atomic E-state index is 0.0602. The van der Waals surface area contributed by atoms with E-state index in [-0.39, 0.29) is 60.9 Å². The van der Waals surface area contributed by atoms with Crippen LogP contribution in [0.3, 0.4) is 0 Å². The van der Waals surface area contributed by atoms with Gasteiger partial charge in [0.25, 0.3) is 0 Å². The second-order valence-corrected chi connectivity index (χ2v) is 30.2. The van der Waals surface area contributed by atoms with Gasteiger partial charge in [-0.3, -0.25) is 76.7 Å². The van der Waals surface area contributed by atoms with Crippen LogP contribution in [0.2, 0.25) is 0 Å². The maximum Gasteiger partial charge on any atom is 0.303 e. The third-order valence-corrected chi connectivity index (χ3v) is 19.6. The van der Waals surface area contributed by atoms with Crippen LogP contribution in [0.5, 0.6) is 11.5 Å². The van der Waals surface area contributed by atoms with Gasteiger partial charge in [-0.05, 0) is 124 Å². The summed E-state index contributed by atoms with van der Waals surface area (Å²) in [6, 6.07) is 4.03. The molecular weight excluding hydrogens is 1600 g/mol. The average Bonchev–Trinajstić information content (AvgIpc) is 1.74. The molecule has 0 aliphatic heterocycles. The van der Waals surface area contributed by atoms with Crippen LogP contribution >= 0.6 is 0 Å². The van der Waals surface area contributed by atoms with E-state index in [2.05, 4.69) is 84.1 Å². The number of aromatic hydroxyl groups is 2. The number of aromatic amines is 2. The lowest BCUT2D eigenvalue weighted by Crippen LogP contribution is -2.62. The molecular formula is C82H111N19O22. The van der Waals surface area contributed by atoms with Gasteiger partial charge in [0.15, 0.2) is 0 Å². The molecule has 6 rings (SSSR count). The van der Waals surface area contributed by atoms with Crippen molar-refractivity contribution < 1.29 is 107 Å². The first-order valence-electron chi connectivity index (χ1n) is 39.8. The van der Waals surface area contributed by atoms with Crippen molar-refractivity contribution in [2.75, 3.05) is 13.2 Å². The molecule has 0 aliphatic carbocycles. The zero-order valence-corrected chi connectivity index (χ0v) is 68.8. The van der Waals surface area contributed by atoms with Crippen LogP contribution in [-0.4, -0.2) is 244 Å². The summed E-state index contributed by atoms with van der Waals surface area (Å²) < 4.78 is 0. The standard InChI is InChI=1S/C82H111N19O22/c1-42(2)32-59(90-46(6)105)78(119)100-68(44(4)103)81(122)98-61(33-47-14-8-7-9-15-47)75(116)93-58(28-30-67(109)110)73(114)97-64(37-51-39-86-41-88-51)77(118)95-60(34-48-19-23-52(106)24-20-48)76(117)96-63(36-50-38-87-55-17-11-10-16-54(50)55)74(115)89-43(3)71(112)92-57(27-29-66(84)108)72(113)94-62(35-49-21-25-53(107)26-22-49)79(120)101-69(45(5)104)82(123)99-65(40-102)80(121)91-56(70(85)111)18-12-13-31-83/h7-11,14-17,19-26,38-39,41-45,56-65,68-69,87,102-104,106-107H,12-13,18,27-37,40,83H2,1-6H3,(H2,84,108)(H2,85,111)(H,86,88)(H,89,115)(H,90,105)(H,91,121)(H,92,112)(H,93,116)(H,94,113)(H,95,118)(H,96,117)(H,97,114)(H,98,122)(H,99,123)(H,100,119)(H,101,120)(H,109,110)/t43-,44+,45+,56-,57-,58-,59-,60-,61-,62-,63-,64-,65-,68-,69-/m0/s1. The Kier molecular flexibility index (Phi) is 39.0. The van der Waals surface area contributed by atoms with Crippen molar-refractivity contribution in [3.63, 3.8) is 0 Å². The monoisotopic (exact) mass is 1710 g/mol. The Morgan fingerprint density at radius 3 is 1.30 bits per heavy atom. The highest BCUT2D eigenvalue weighted by atomic mass is 16.4. The number of unbranched alkanes of at least 4 members (excludes halogenated alkanes) is 1. The number of carbonyl (C=O) groups is 16. The van der Waals surface area contributed by atoms with E-state index in [1.165, 1.54) is 81.8 Å². The lowest BCUT2D eigenvalue weighted by atomic mass is 10.0. The zero-order valence-electron chi connectivity index (χ0n) is 68.8. The Hall–Kier alpha value is -13.4. The van der Waals surface area contributed by atoms with Gasteiger partial charge in [-0.15, -0.1) is 0 Å². The highest BCUT2D eigenvalue weighted by Crippen LogP contribution is 2.22. The van der Waals surface area contributed by atoms with Crippen LogP contribution in [0.15, 0.2) is 122 Å². The summed E-state index contributed by atoms with van der Waals surface area (Å²) in [4.78, 5) is 233. The Bertz CT molecular complexity index is 4610. The van der Waals surface area contributed by atoms with Crippen molar-refractivity contribution in [1.82, 2.24) is 84.1 Å². The van der Waals surface area contributed by atoms with Crippen LogP contribution in [0, 0.1) is 5.92 Å². The SMILES string of the molecule is CC(=O)N[C@@H](CC(C)C)C(=O)N[C@H](C(=O)N[C@@H](Cc1ccccc1)C(=O)N[C@@H](CCC(=O)O)C(=O)N[C@@H](Cc1c[nH]cn1)C(=O)N[C@@H](Cc1ccc(O)cc1)C(=O)N[C@@H](Cc1c[nH]c2ccccc12)C(=O)N[C@@H](C)C(=O)N[C@@H](CCC(N)=O)C(=O)N[C@@H](Cc1ccc(O)cc1)C(=O)N[C@H](C(=O)N[C@@H](CO)C(=O)N[C@@H](CCCCN)C(N)=O)[C@@H](C)O)[C@@H](C)O. The van der Waals surface area contributed by atoms with Crippen molar-refractivity contribution >= 4 is 105 Å². The third kappa shape index (κ3) is 32.6. The number of H-pyrrole nitrogens is 2. The van der Waals surface area contributed by atoms with E-state index in [9.17, 15) is 93.0 Å². The first-order valence-corrected chi connectivity index (χ1v) is 39.8. The molecule has 2 aromatic heterocycles. The molecule has 0 bridgehead atoms. The fourth-order valence-corrected chi connectivity index (χ4v) is 12.9. The maximum absolute atomic E-state index is 15.3. The predicted molar refractivity (Wildman–Crippen MR) is 442 cm³/mol. The Balaban J connectivity index is 1.29. The molecule has 15 atom stereocenters. The number of aromatic nitrogens is 3. The molecule has 0 unspecified atom stereocenters. The number of phenolic OH excluding ortho intramolecular Hbond substituents is 2. The van der Waals surface area contributed by atoms with Crippen LogP contribution in [0.25, 0.3) is 10.9 Å². The smallest absolute Gasteiger partial charge is 0.303 e. The van der Waals surface area contributed by atoms with Gasteiger partial charge in [-0.2, -0.15) is 0 Å². The number of rotatable bonds is 51. The largest absolute Gasteiger partial charge is 0.508 e. The molecule has 666 valence electrons. The summed E-state index contributed by atoms with van der Waals surface area (Å²) in [6.45, 7) is 7.46. The van der Waals surface area contributed by atoms with Gasteiger partial charge in [-0.1, -0.05) is 86.6 Å². The average molecular weight is 1710 g/mol. The highest BCUT2D eigenvalue weighted by Gasteiger charge is 2.40. The lowest BCUT2D eigenvalue weighted by molar-refractivity contribution is -0.139. The van der Waals surface area contributed by atoms with Crippen molar-refractivity contribution in [2.45, 2.75) is 216 Å². The van der Waals surface area contributed by atoms with E-state index in [1.807, 2.05) is 0 Å². The fraction of sp³-hybridized carbons (Fsp3) is 0.451. The number of aliphatic carboxylic acids is 1. The minimum atomic E-state index is -1.93. The van der Waals surface area contributed by atoms with Crippen molar-refractivity contribution in [3.05, 3.63) is 150 Å². The number of aliphatic hydroxyl groups excluding tert-OH is 3. The third-order valence-electron chi connectivity index (χ3n) is 19.6. The summed E-state index contributed by atoms with van der Waals surface area (Å²) in [5.41, 5.74) is 18.8. The zero-order chi connectivity index (χ0) is 90.7. The van der Waals surface area contributed by atoms with Gasteiger partial charge in [0.05, 0.1) is 30.8 Å². The Morgan fingerprint density at radius 1 is 0.423 bits per heavy atom. The number of carboxylic acid groups (broad SMARTS) is 1. The molecule has 0 saturated heterocycles. The van der Waals surface area contributed by atoms with Crippen LogP contribution in [0.1, 0.15) is 121 Å². The quantitative estimate of drug-likeness (QED) is 0.0161. The number of primary amides is 2. The molecule has 123 heavy (non-hydrogen) atoms. The molecule has 0 spiro atoms. The number of aliphatic hydroxyl groups is 3. The normalized spacial score (nSPS) is 14.9. The summed E-state index contributed by atoms with van der Waals surface area (Å²) in [6.07, 6.45) is -2.60. The molecule has 15 amide bonds. The lowest BCUT2D eigenvalue weighted by Gasteiger charge is -2.29. The van der Waals surface area contributed by atoms with Gasteiger partial charge in [-0.25, -0.2) is 4.98 Å². The van der Waals surface area contributed by atoms with Crippen LogP contribution in [0.4, 0.5) is 0 Å². The number of nitrogens with one attached hydrogen (secondary N) is 15. The molecule has 0 aliphatic rings. The molecule has 4 aromatic carbocycles. The van der Waals surface area contributed by atoms with Gasteiger partial charge in [0.1, 0.15) is 90.0 Å². The molecule has 27 N–H and O–H groups in total. The first-order chi connectivity index (χ1) is 58.3. The molecule has 0 saturated carbocycles. The van der Waals surface area contributed by atoms with Crippen molar-refractivity contribution in [2.24, 2.45) is 23.1 Å². The summed E-state index contributed by atoms with van der Waals surface area (Å²) >= 11 is 0. The predicted octanol–water partition coefficient (Wildman–Crippen LogP) is -4.30. The number of phenols is 2. The summed E-state index contributed by atoms with van der Waals surface area (Å²) in [5, 5.41) is 95.2. The molecule has 41 nitrogen and oxygen atoms in total. The maximum atomic E-state index is 15.3. The number of para-hydroxylation sites is 1. The first kappa shape index (κ1) is 98.4. The minimum Gasteiger partial charge on any atom is -0.508 e. The number of amides is 15. The van der Waals surface area contributed by atoms with E-state index in [4.69, 9.17) is 17.2 Å². The highest BCUT2D eigenvalue weighted by molar-refractivity contribution is 6.01. The number of nitrogens with zero attached hydrogens (tertiary/aromatic N) is 1. The van der Waals surface area contributed by atoms with Crippen molar-refractivity contribution in [3.8, 4) is 11.5 Å². The number of benzene rings is 4. The van der Waals surface area contributed by atoms with Gasteiger partial charge < -0.3 is 127 Å². The van der Waals surface area contributed by atoms with Gasteiger partial charge in [0.2, 0.25) is 88.6 Å². The molecule has 0 fully saturated rings. The number of nitrogens with two attached hydrogens (primary N) is 3. The van der Waals surface area contributed by atoms with Crippen molar-refractivity contribution in [1.29, 1.82) is 0 Å². The van der Waals surface area contributed by atoms with E-state index < -0.39 is 237 Å². The number of hydrogen-bond donors (Lipinski definition) is 24. The second kappa shape index (κ2) is 48.7. The number of carboxylic acids is 1. The number of carbonyl (C=O) groups excluding carboxylic acids is 15. The number of fused-ring (bicyclic) bond motifs is 1. The van der Waals surface area contributed by atoms with Crippen LogP contribution < -0.4 is 86.3 Å². The van der Waals surface area contributed by atoms with Crippen LogP contribution in [-0.2, 0) is 109 Å². The van der Waals surface area contributed by atoms with E-state index in [1.54, 1.807) is 74.6 Å². The topological polar surface area (TPSA) is 673 Å². The summed E-state index contributed by atoms with van der Waals surface area (Å²) in [5.74, 6) is -17.5. The molecule has 41 heteroatoms. The fourth-order valence-electron chi connectivity index (χ4n) is 12.9. The molecule has 2 heterocycles. The van der Waals surface area contributed by atoms with Gasteiger partial charge in [0, 0.05) is 75.2 Å². The van der Waals surface area contributed by atoms with E-state index in [0.29, 0.717) is 40.4 Å². The molecule has 0 radical (unpaired) electrons. The molecule has 6 aromatic rings. The van der Waals surface area contributed by atoms with E-state index in [0.717, 1.165) is 6.92 Å². The second-order valence-electron chi connectivity index (χ2n) is 30.2. The van der Waals surface area contributed by atoms with E-state index >= 15 is 14.4 Å². The van der Waals surface area contributed by atoms with Gasteiger partial charge >= 0.3 is 5.97 Å². The Labute approximate surface area is 707 Å². The number of hydrogen-bond acceptors (Lipinski definition) is 23. The Morgan fingerprint density at radius 2 is 0.837 bits per heavy atom.